The minimum absolute atomic E-state index is 0.319. The minimum atomic E-state index is -2.21. The molecule has 4 atom stereocenters. The fraction of sp³-hybridized carbons (Fsp3) is 0.407. The summed E-state index contributed by atoms with van der Waals surface area (Å²) >= 11 is 3.42. The molecular formula is C27H29BrN2O8. The molecule has 202 valence electrons. The smallest absolute Gasteiger partial charge is 0.325 e. The summed E-state index contributed by atoms with van der Waals surface area (Å²) in [7, 11) is 2.90. The van der Waals surface area contributed by atoms with Crippen molar-refractivity contribution in [3.8, 4) is 11.5 Å². The number of amides is 2. The number of fused-ring (bicyclic) bond motifs is 1. The molecule has 3 N–H and O–H groups in total. The molecule has 10 nitrogen and oxygen atoms in total. The quantitative estimate of drug-likeness (QED) is 0.376. The minimum Gasteiger partial charge on any atom is -0.493 e. The number of aryl methyl sites for hydroxylation is 2. The number of carboxylic acids is 2. The number of benzene rings is 2. The molecule has 0 aromatic heterocycles. The molecule has 0 saturated carbocycles. The number of nitrogens with zero attached hydrogens (tertiary/aromatic N) is 1. The van der Waals surface area contributed by atoms with Gasteiger partial charge >= 0.3 is 11.9 Å². The molecule has 0 bridgehead atoms. The number of ether oxygens (including phenoxy) is 2. The van der Waals surface area contributed by atoms with Gasteiger partial charge in [0.25, 0.3) is 0 Å². The summed E-state index contributed by atoms with van der Waals surface area (Å²) in [6.45, 7) is 3.81. The fourth-order valence-corrected chi connectivity index (χ4v) is 6.42. The third kappa shape index (κ3) is 4.14. The standard InChI is InChI=1S/C27H29BrN2O8/c1-5-13-8-7-9-14(6-2)22(13)30-24(33)19-20(25(30)34)27(26(35)36,12-18(31)32)29-21(19)15-10-16(28)23(38-4)17(11-15)37-3/h7-11,19-21,29H,5-6,12H2,1-4H3,(H,31,32)(H,35,36). The summed E-state index contributed by atoms with van der Waals surface area (Å²) < 4.78 is 11.3. The van der Waals surface area contributed by atoms with Crippen LogP contribution in [0.2, 0.25) is 0 Å². The van der Waals surface area contributed by atoms with Gasteiger partial charge < -0.3 is 19.7 Å². The van der Waals surface area contributed by atoms with E-state index in [9.17, 15) is 29.4 Å². The van der Waals surface area contributed by atoms with Crippen LogP contribution in [0.15, 0.2) is 34.8 Å². The van der Waals surface area contributed by atoms with Gasteiger partial charge in [0.05, 0.1) is 42.6 Å². The number of imide groups is 1. The van der Waals surface area contributed by atoms with E-state index in [2.05, 4.69) is 21.2 Å². The van der Waals surface area contributed by atoms with Crippen LogP contribution in [0.3, 0.4) is 0 Å². The second-order valence-corrected chi connectivity index (χ2v) is 10.2. The second-order valence-electron chi connectivity index (χ2n) is 9.35. The predicted octanol–water partition coefficient (Wildman–Crippen LogP) is 3.34. The lowest BCUT2D eigenvalue weighted by Gasteiger charge is -2.31. The molecule has 11 heteroatoms. The van der Waals surface area contributed by atoms with Crippen LogP contribution in [0, 0.1) is 11.8 Å². The van der Waals surface area contributed by atoms with Crippen molar-refractivity contribution in [2.75, 3.05) is 19.1 Å². The van der Waals surface area contributed by atoms with Gasteiger partial charge in [-0.3, -0.25) is 24.5 Å². The Morgan fingerprint density at radius 3 is 2.18 bits per heavy atom. The molecule has 38 heavy (non-hydrogen) atoms. The molecule has 2 saturated heterocycles. The van der Waals surface area contributed by atoms with Crippen molar-refractivity contribution in [2.24, 2.45) is 11.8 Å². The number of aliphatic carboxylic acids is 2. The highest BCUT2D eigenvalue weighted by Gasteiger charge is 2.69. The molecule has 2 heterocycles. The van der Waals surface area contributed by atoms with Gasteiger partial charge in [-0.25, -0.2) is 4.90 Å². The van der Waals surface area contributed by atoms with E-state index in [0.29, 0.717) is 40.1 Å². The van der Waals surface area contributed by atoms with Crippen molar-refractivity contribution in [3.05, 3.63) is 51.5 Å². The van der Waals surface area contributed by atoms with Crippen molar-refractivity contribution in [3.63, 3.8) is 0 Å². The second kappa shape index (κ2) is 10.4. The summed E-state index contributed by atoms with van der Waals surface area (Å²) in [5.74, 6) is -6.14. The van der Waals surface area contributed by atoms with Crippen LogP contribution in [-0.4, -0.2) is 53.7 Å². The van der Waals surface area contributed by atoms with E-state index in [1.54, 1.807) is 12.1 Å². The first-order chi connectivity index (χ1) is 18.1. The SMILES string of the molecule is CCc1cccc(CC)c1N1C(=O)C2C(c3cc(Br)c(OC)c(OC)c3)NC(CC(=O)O)(C(=O)O)C2C1=O. The van der Waals surface area contributed by atoms with E-state index in [-0.39, 0.29) is 0 Å². The summed E-state index contributed by atoms with van der Waals surface area (Å²) in [4.78, 5) is 53.9. The van der Waals surface area contributed by atoms with Crippen LogP contribution < -0.4 is 19.7 Å². The first-order valence-electron chi connectivity index (χ1n) is 12.2. The Bertz CT molecular complexity index is 1310. The Kier molecular flexibility index (Phi) is 7.53. The maximum atomic E-state index is 14.1. The highest BCUT2D eigenvalue weighted by molar-refractivity contribution is 9.10. The summed E-state index contributed by atoms with van der Waals surface area (Å²) in [5, 5.41) is 23.0. The molecule has 0 aliphatic carbocycles. The van der Waals surface area contributed by atoms with Crippen LogP contribution in [0.4, 0.5) is 5.69 Å². The van der Waals surface area contributed by atoms with E-state index < -0.39 is 53.6 Å². The Morgan fingerprint density at radius 2 is 1.68 bits per heavy atom. The van der Waals surface area contributed by atoms with Gasteiger partial charge in [0, 0.05) is 6.04 Å². The van der Waals surface area contributed by atoms with Crippen molar-refractivity contribution < 1.29 is 38.9 Å². The number of anilines is 1. The van der Waals surface area contributed by atoms with Gasteiger partial charge in [-0.1, -0.05) is 32.0 Å². The summed E-state index contributed by atoms with van der Waals surface area (Å²) in [5.41, 5.74) is 0.215. The van der Waals surface area contributed by atoms with Crippen molar-refractivity contribution in [1.82, 2.24) is 5.32 Å². The van der Waals surface area contributed by atoms with Gasteiger partial charge in [0.2, 0.25) is 11.8 Å². The van der Waals surface area contributed by atoms with Crippen molar-refractivity contribution in [2.45, 2.75) is 44.7 Å². The molecule has 2 fully saturated rings. The van der Waals surface area contributed by atoms with E-state index in [4.69, 9.17) is 9.47 Å². The Hall–Kier alpha value is -3.44. The van der Waals surface area contributed by atoms with Crippen LogP contribution >= 0.6 is 15.9 Å². The third-order valence-electron chi connectivity index (χ3n) is 7.47. The van der Waals surface area contributed by atoms with Gasteiger partial charge in [0.15, 0.2) is 11.5 Å². The van der Waals surface area contributed by atoms with Gasteiger partial charge in [0.1, 0.15) is 5.54 Å². The highest BCUT2D eigenvalue weighted by Crippen LogP contribution is 2.53. The van der Waals surface area contributed by atoms with Crippen molar-refractivity contribution in [1.29, 1.82) is 0 Å². The van der Waals surface area contributed by atoms with Crippen LogP contribution in [-0.2, 0) is 32.0 Å². The van der Waals surface area contributed by atoms with E-state index in [1.165, 1.54) is 14.2 Å². The first kappa shape index (κ1) is 27.6. The van der Waals surface area contributed by atoms with Crippen molar-refractivity contribution >= 4 is 45.4 Å². The van der Waals surface area contributed by atoms with E-state index in [1.807, 2.05) is 32.0 Å². The molecule has 0 radical (unpaired) electrons. The maximum absolute atomic E-state index is 14.1. The number of hydrogen-bond acceptors (Lipinski definition) is 7. The number of rotatable bonds is 9. The number of halogens is 1. The van der Waals surface area contributed by atoms with Crippen LogP contribution in [0.25, 0.3) is 0 Å². The Morgan fingerprint density at radius 1 is 1.05 bits per heavy atom. The number of carbonyl (C=O) groups is 4. The maximum Gasteiger partial charge on any atom is 0.325 e. The molecule has 2 aromatic carbocycles. The average Bonchev–Trinajstić information content (AvgIpc) is 3.36. The number of nitrogens with one attached hydrogen (secondary N) is 1. The molecule has 4 unspecified atom stereocenters. The summed E-state index contributed by atoms with van der Waals surface area (Å²) in [6.07, 6.45) is 0.190. The lowest BCUT2D eigenvalue weighted by atomic mass is 9.77. The topological polar surface area (TPSA) is 142 Å². The number of carbonyl (C=O) groups excluding carboxylic acids is 2. The molecule has 0 spiro atoms. The molecular weight excluding hydrogens is 560 g/mol. The number of hydrogen-bond donors (Lipinski definition) is 3. The molecule has 2 aliphatic heterocycles. The average molecular weight is 589 g/mol. The van der Waals surface area contributed by atoms with E-state index in [0.717, 1.165) is 16.0 Å². The highest BCUT2D eigenvalue weighted by atomic mass is 79.9. The van der Waals surface area contributed by atoms with Crippen LogP contribution in [0.5, 0.6) is 11.5 Å². The first-order valence-corrected chi connectivity index (χ1v) is 13.0. The summed E-state index contributed by atoms with van der Waals surface area (Å²) in [6, 6.07) is 7.75. The zero-order valence-electron chi connectivity index (χ0n) is 21.4. The van der Waals surface area contributed by atoms with Crippen LogP contribution in [0.1, 0.15) is 43.0 Å². The van der Waals surface area contributed by atoms with E-state index >= 15 is 0 Å². The van der Waals surface area contributed by atoms with Gasteiger partial charge in [-0.2, -0.15) is 0 Å². The number of para-hydroxylation sites is 1. The fourth-order valence-electron chi connectivity index (χ4n) is 5.80. The predicted molar refractivity (Wildman–Crippen MR) is 140 cm³/mol. The lowest BCUT2D eigenvalue weighted by Crippen LogP contribution is -2.57. The monoisotopic (exact) mass is 588 g/mol. The zero-order chi connectivity index (χ0) is 27.9. The molecule has 2 aliphatic rings. The number of carboxylic acid groups (broad SMARTS) is 2. The molecule has 2 aromatic rings. The number of methoxy groups -OCH3 is 2. The Balaban J connectivity index is 1.96. The molecule has 2 amide bonds. The largest absolute Gasteiger partial charge is 0.493 e. The normalized spacial score (nSPS) is 24.4. The third-order valence-corrected chi connectivity index (χ3v) is 8.06. The zero-order valence-corrected chi connectivity index (χ0v) is 23.0. The molecule has 4 rings (SSSR count). The lowest BCUT2D eigenvalue weighted by molar-refractivity contribution is -0.154. The Labute approximate surface area is 228 Å². The van der Waals surface area contributed by atoms with Gasteiger partial charge in [-0.15, -0.1) is 0 Å². The van der Waals surface area contributed by atoms with Gasteiger partial charge in [-0.05, 0) is 57.6 Å².